The molecule has 0 unspecified atom stereocenters. The summed E-state index contributed by atoms with van der Waals surface area (Å²) in [5, 5.41) is 0. The summed E-state index contributed by atoms with van der Waals surface area (Å²) in [6.07, 6.45) is 1.71. The number of anilines is 1. The number of piperazine rings is 1. The number of benzene rings is 1. The number of nitrogens with zero attached hydrogens (tertiary/aromatic N) is 2. The number of hydrogen-bond acceptors (Lipinski definition) is 2. The number of aryl methyl sites for hydroxylation is 1. The molecule has 2 amide bonds. The summed E-state index contributed by atoms with van der Waals surface area (Å²) in [7, 11) is 0. The van der Waals surface area contributed by atoms with Gasteiger partial charge in [0.1, 0.15) is 12.2 Å². The van der Waals surface area contributed by atoms with E-state index in [9.17, 15) is 9.59 Å². The fourth-order valence-electron chi connectivity index (χ4n) is 2.72. The number of H-pyrrole nitrogens is 1. The second-order valence-electron chi connectivity index (χ2n) is 5.71. The first-order valence-corrected chi connectivity index (χ1v) is 7.37. The van der Waals surface area contributed by atoms with E-state index in [1.165, 1.54) is 0 Å². The van der Waals surface area contributed by atoms with Gasteiger partial charge in [0.2, 0.25) is 5.91 Å². The Balaban J connectivity index is 1.78. The smallest absolute Gasteiger partial charge is 0.271 e. The van der Waals surface area contributed by atoms with E-state index in [0.717, 1.165) is 11.3 Å². The lowest BCUT2D eigenvalue weighted by molar-refractivity contribution is -0.121. The van der Waals surface area contributed by atoms with Gasteiger partial charge in [0.05, 0.1) is 0 Å². The maximum absolute atomic E-state index is 12.4. The van der Waals surface area contributed by atoms with Gasteiger partial charge < -0.3 is 14.8 Å². The molecule has 1 aromatic heterocycles. The lowest BCUT2D eigenvalue weighted by atomic mass is 10.1. The maximum Gasteiger partial charge on any atom is 0.271 e. The van der Waals surface area contributed by atoms with Crippen molar-refractivity contribution in [1.82, 2.24) is 9.88 Å². The highest BCUT2D eigenvalue weighted by Crippen LogP contribution is 2.21. The number of aromatic amines is 1. The van der Waals surface area contributed by atoms with Crippen molar-refractivity contribution < 1.29 is 9.59 Å². The standard InChI is InChI=1S/C17H19N3O2/c1-12-5-7-14(8-6-12)20-10-13(2)19(11-16(20)21)17(22)15-4-3-9-18-15/h3-9,13,18H,10-11H2,1-2H3/t13-/m0/s1. The number of nitrogens with one attached hydrogen (secondary N) is 1. The molecule has 1 aliphatic heterocycles. The van der Waals surface area contributed by atoms with Crippen molar-refractivity contribution >= 4 is 17.5 Å². The second-order valence-corrected chi connectivity index (χ2v) is 5.71. The Morgan fingerprint density at radius 1 is 1.23 bits per heavy atom. The fourth-order valence-corrected chi connectivity index (χ4v) is 2.72. The molecule has 2 aromatic rings. The van der Waals surface area contributed by atoms with Crippen LogP contribution in [0.5, 0.6) is 0 Å². The van der Waals surface area contributed by atoms with Gasteiger partial charge >= 0.3 is 0 Å². The van der Waals surface area contributed by atoms with Crippen LogP contribution in [0.1, 0.15) is 23.0 Å². The molecule has 1 N–H and O–H groups in total. The first kappa shape index (κ1) is 14.4. The third kappa shape index (κ3) is 2.62. The van der Waals surface area contributed by atoms with Gasteiger partial charge in [-0.1, -0.05) is 17.7 Å². The molecule has 3 rings (SSSR count). The molecule has 0 spiro atoms. The van der Waals surface area contributed by atoms with Gasteiger partial charge in [0, 0.05) is 24.5 Å². The normalized spacial score (nSPS) is 18.6. The van der Waals surface area contributed by atoms with E-state index in [1.807, 2.05) is 38.1 Å². The first-order valence-electron chi connectivity index (χ1n) is 7.37. The van der Waals surface area contributed by atoms with E-state index in [1.54, 1.807) is 28.1 Å². The van der Waals surface area contributed by atoms with E-state index in [0.29, 0.717) is 12.2 Å². The quantitative estimate of drug-likeness (QED) is 0.924. The molecule has 1 aromatic carbocycles. The molecule has 5 nitrogen and oxygen atoms in total. The Morgan fingerprint density at radius 2 is 1.95 bits per heavy atom. The molecule has 5 heteroatoms. The molecule has 1 fully saturated rings. The van der Waals surface area contributed by atoms with Crippen LogP contribution in [0.2, 0.25) is 0 Å². The minimum Gasteiger partial charge on any atom is -0.357 e. The van der Waals surface area contributed by atoms with Crippen LogP contribution in [-0.4, -0.2) is 40.8 Å². The number of amides is 2. The molecule has 0 radical (unpaired) electrons. The van der Waals surface area contributed by atoms with Crippen LogP contribution >= 0.6 is 0 Å². The number of aromatic nitrogens is 1. The number of rotatable bonds is 2. The average molecular weight is 297 g/mol. The van der Waals surface area contributed by atoms with E-state index in [-0.39, 0.29) is 24.4 Å². The molecular weight excluding hydrogens is 278 g/mol. The summed E-state index contributed by atoms with van der Waals surface area (Å²) in [6, 6.07) is 11.3. The molecule has 1 atom stereocenters. The highest BCUT2D eigenvalue weighted by molar-refractivity contribution is 6.01. The molecule has 0 saturated carbocycles. The predicted octanol–water partition coefficient (Wildman–Crippen LogP) is 2.20. The Bertz CT molecular complexity index is 676. The van der Waals surface area contributed by atoms with Crippen molar-refractivity contribution in [1.29, 1.82) is 0 Å². The van der Waals surface area contributed by atoms with Crippen LogP contribution in [0.4, 0.5) is 5.69 Å². The van der Waals surface area contributed by atoms with Gasteiger partial charge in [-0.3, -0.25) is 9.59 Å². The summed E-state index contributed by atoms with van der Waals surface area (Å²) in [4.78, 5) is 31.1. The molecular formula is C17H19N3O2. The molecule has 2 heterocycles. The van der Waals surface area contributed by atoms with Gasteiger partial charge in [0.25, 0.3) is 5.91 Å². The third-order valence-electron chi connectivity index (χ3n) is 4.02. The van der Waals surface area contributed by atoms with Crippen molar-refractivity contribution in [2.75, 3.05) is 18.0 Å². The SMILES string of the molecule is Cc1ccc(N2C[C@H](C)N(C(=O)c3ccc[nH]3)CC2=O)cc1. The van der Waals surface area contributed by atoms with E-state index in [4.69, 9.17) is 0 Å². The van der Waals surface area contributed by atoms with Gasteiger partial charge in [-0.2, -0.15) is 0 Å². The lowest BCUT2D eigenvalue weighted by Crippen LogP contribution is -2.57. The molecule has 0 bridgehead atoms. The Labute approximate surface area is 129 Å². The monoisotopic (exact) mass is 297 g/mol. The zero-order valence-corrected chi connectivity index (χ0v) is 12.7. The van der Waals surface area contributed by atoms with Crippen LogP contribution in [-0.2, 0) is 4.79 Å². The van der Waals surface area contributed by atoms with Gasteiger partial charge in [-0.25, -0.2) is 0 Å². The van der Waals surface area contributed by atoms with Crippen LogP contribution in [0.3, 0.4) is 0 Å². The first-order chi connectivity index (χ1) is 10.6. The van der Waals surface area contributed by atoms with Gasteiger partial charge in [0.15, 0.2) is 0 Å². The van der Waals surface area contributed by atoms with E-state index < -0.39 is 0 Å². The van der Waals surface area contributed by atoms with Crippen molar-refractivity contribution in [2.45, 2.75) is 19.9 Å². The molecule has 1 saturated heterocycles. The Kier molecular flexibility index (Phi) is 3.71. The Hall–Kier alpha value is -2.56. The van der Waals surface area contributed by atoms with E-state index >= 15 is 0 Å². The molecule has 114 valence electrons. The minimum atomic E-state index is -0.130. The van der Waals surface area contributed by atoms with Crippen molar-refractivity contribution in [3.05, 3.63) is 53.9 Å². The summed E-state index contributed by atoms with van der Waals surface area (Å²) < 4.78 is 0. The van der Waals surface area contributed by atoms with Crippen LogP contribution in [0, 0.1) is 6.92 Å². The van der Waals surface area contributed by atoms with Crippen LogP contribution < -0.4 is 4.90 Å². The largest absolute Gasteiger partial charge is 0.357 e. The minimum absolute atomic E-state index is 0.0326. The van der Waals surface area contributed by atoms with Crippen molar-refractivity contribution in [3.63, 3.8) is 0 Å². The average Bonchev–Trinajstić information content (AvgIpc) is 3.04. The lowest BCUT2D eigenvalue weighted by Gasteiger charge is -2.39. The highest BCUT2D eigenvalue weighted by atomic mass is 16.2. The Morgan fingerprint density at radius 3 is 2.59 bits per heavy atom. The topological polar surface area (TPSA) is 56.4 Å². The van der Waals surface area contributed by atoms with E-state index in [2.05, 4.69) is 4.98 Å². The van der Waals surface area contributed by atoms with Gasteiger partial charge in [-0.15, -0.1) is 0 Å². The van der Waals surface area contributed by atoms with Crippen LogP contribution in [0.25, 0.3) is 0 Å². The number of carbonyl (C=O) groups is 2. The summed E-state index contributed by atoms with van der Waals surface area (Å²) in [5.74, 6) is -0.184. The summed E-state index contributed by atoms with van der Waals surface area (Å²) >= 11 is 0. The molecule has 1 aliphatic rings. The zero-order valence-electron chi connectivity index (χ0n) is 12.7. The van der Waals surface area contributed by atoms with Crippen LogP contribution in [0.15, 0.2) is 42.6 Å². The fraction of sp³-hybridized carbons (Fsp3) is 0.294. The molecule has 22 heavy (non-hydrogen) atoms. The number of carbonyl (C=O) groups excluding carboxylic acids is 2. The van der Waals surface area contributed by atoms with Gasteiger partial charge in [-0.05, 0) is 38.1 Å². The number of hydrogen-bond donors (Lipinski definition) is 1. The summed E-state index contributed by atoms with van der Waals surface area (Å²) in [5.41, 5.74) is 2.56. The molecule has 0 aliphatic carbocycles. The second kappa shape index (κ2) is 5.67. The van der Waals surface area contributed by atoms with Crippen molar-refractivity contribution in [3.8, 4) is 0 Å². The highest BCUT2D eigenvalue weighted by Gasteiger charge is 2.33. The predicted molar refractivity (Wildman–Crippen MR) is 84.8 cm³/mol. The van der Waals surface area contributed by atoms with Crippen molar-refractivity contribution in [2.24, 2.45) is 0 Å². The maximum atomic E-state index is 12.4. The zero-order chi connectivity index (χ0) is 15.7. The summed E-state index contributed by atoms with van der Waals surface area (Å²) in [6.45, 7) is 4.59. The third-order valence-corrected chi connectivity index (χ3v) is 4.02.